The van der Waals surface area contributed by atoms with E-state index in [9.17, 15) is 0 Å². The van der Waals surface area contributed by atoms with Gasteiger partial charge in [0.05, 0.1) is 10.7 Å². The predicted octanol–water partition coefficient (Wildman–Crippen LogP) is 2.59. The van der Waals surface area contributed by atoms with Crippen LogP contribution in [-0.2, 0) is 11.8 Å². The van der Waals surface area contributed by atoms with Gasteiger partial charge in [0.25, 0.3) is 0 Å². The molecule has 1 N–H and O–H groups in total. The first-order chi connectivity index (χ1) is 6.60. The van der Waals surface area contributed by atoms with Crippen molar-refractivity contribution in [2.45, 2.75) is 39.0 Å². The van der Waals surface area contributed by atoms with Gasteiger partial charge in [0.15, 0.2) is 0 Å². The lowest BCUT2D eigenvalue weighted by atomic mass is 9.90. The van der Waals surface area contributed by atoms with E-state index in [0.29, 0.717) is 0 Å². The van der Waals surface area contributed by atoms with Gasteiger partial charge >= 0.3 is 0 Å². The lowest BCUT2D eigenvalue weighted by molar-refractivity contribution is 0.481. The van der Waals surface area contributed by atoms with Gasteiger partial charge in [-0.25, -0.2) is 4.98 Å². The lowest BCUT2D eigenvalue weighted by Gasteiger charge is -2.21. The van der Waals surface area contributed by atoms with Crippen LogP contribution in [0.25, 0.3) is 0 Å². The first kappa shape index (κ1) is 11.7. The summed E-state index contributed by atoms with van der Waals surface area (Å²) in [5.41, 5.74) is 1.37. The highest BCUT2D eigenvalue weighted by Crippen LogP contribution is 2.24. The van der Waals surface area contributed by atoms with Crippen LogP contribution in [0.5, 0.6) is 0 Å². The maximum atomic E-state index is 4.67. The van der Waals surface area contributed by atoms with E-state index in [-0.39, 0.29) is 5.41 Å². The van der Waals surface area contributed by atoms with Crippen LogP contribution in [0.4, 0.5) is 0 Å². The van der Waals surface area contributed by atoms with Crippen molar-refractivity contribution >= 4 is 11.3 Å². The molecule has 1 aromatic rings. The smallest absolute Gasteiger partial charge is 0.0928 e. The molecule has 0 radical (unpaired) electrons. The van der Waals surface area contributed by atoms with Crippen LogP contribution < -0.4 is 5.32 Å². The number of hydrogen-bond donors (Lipinski definition) is 1. The average Bonchev–Trinajstić information content (AvgIpc) is 2.54. The molecular weight excluding hydrogens is 192 g/mol. The predicted molar refractivity (Wildman–Crippen MR) is 63.1 cm³/mol. The third-order valence-electron chi connectivity index (χ3n) is 2.33. The van der Waals surface area contributed by atoms with E-state index < -0.39 is 0 Å². The van der Waals surface area contributed by atoms with E-state index in [0.717, 1.165) is 13.0 Å². The standard InChI is InChI=1S/C11H20N2S/c1-5-6-10-13-9(7-14-10)11(2,3)8-12-4/h7,12H,5-6,8H2,1-4H3. The Morgan fingerprint density at radius 1 is 1.50 bits per heavy atom. The van der Waals surface area contributed by atoms with Crippen molar-refractivity contribution in [1.82, 2.24) is 10.3 Å². The summed E-state index contributed by atoms with van der Waals surface area (Å²) in [6, 6.07) is 0. The molecule has 0 saturated heterocycles. The molecule has 1 aromatic heterocycles. The van der Waals surface area contributed by atoms with Crippen molar-refractivity contribution in [1.29, 1.82) is 0 Å². The second-order valence-corrected chi connectivity index (χ2v) is 5.23. The highest BCUT2D eigenvalue weighted by atomic mass is 32.1. The Labute approximate surface area is 90.8 Å². The van der Waals surface area contributed by atoms with Crippen molar-refractivity contribution < 1.29 is 0 Å². The van der Waals surface area contributed by atoms with Gasteiger partial charge in [0.1, 0.15) is 0 Å². The molecule has 0 aromatic carbocycles. The molecule has 0 saturated carbocycles. The molecule has 0 atom stereocenters. The van der Waals surface area contributed by atoms with Crippen LogP contribution in [0.15, 0.2) is 5.38 Å². The summed E-state index contributed by atoms with van der Waals surface area (Å²) in [5, 5.41) is 6.68. The number of nitrogens with one attached hydrogen (secondary N) is 1. The Morgan fingerprint density at radius 2 is 2.21 bits per heavy atom. The fourth-order valence-corrected chi connectivity index (χ4v) is 2.58. The van der Waals surface area contributed by atoms with Crippen LogP contribution >= 0.6 is 11.3 Å². The van der Waals surface area contributed by atoms with E-state index in [1.807, 2.05) is 7.05 Å². The van der Waals surface area contributed by atoms with Crippen LogP contribution in [0.2, 0.25) is 0 Å². The molecule has 0 bridgehead atoms. The van der Waals surface area contributed by atoms with Crippen LogP contribution in [0.1, 0.15) is 37.9 Å². The van der Waals surface area contributed by atoms with E-state index in [2.05, 4.69) is 36.5 Å². The van der Waals surface area contributed by atoms with Crippen molar-refractivity contribution in [3.63, 3.8) is 0 Å². The van der Waals surface area contributed by atoms with Gasteiger partial charge in [-0.05, 0) is 19.9 Å². The zero-order valence-electron chi connectivity index (χ0n) is 9.55. The number of nitrogens with zero attached hydrogens (tertiary/aromatic N) is 1. The Morgan fingerprint density at radius 3 is 2.79 bits per heavy atom. The maximum Gasteiger partial charge on any atom is 0.0928 e. The molecule has 14 heavy (non-hydrogen) atoms. The summed E-state index contributed by atoms with van der Waals surface area (Å²) in [6.45, 7) is 7.63. The highest BCUT2D eigenvalue weighted by molar-refractivity contribution is 7.09. The quantitative estimate of drug-likeness (QED) is 0.811. The number of aryl methyl sites for hydroxylation is 1. The molecule has 0 amide bonds. The summed E-state index contributed by atoms with van der Waals surface area (Å²) in [6.07, 6.45) is 2.29. The minimum atomic E-state index is 0.150. The molecular formula is C11H20N2S. The number of thiazole rings is 1. The van der Waals surface area contributed by atoms with Crippen LogP contribution in [-0.4, -0.2) is 18.6 Å². The van der Waals surface area contributed by atoms with E-state index >= 15 is 0 Å². The number of likely N-dealkylation sites (N-methyl/N-ethyl adjacent to an activating group) is 1. The van der Waals surface area contributed by atoms with Crippen molar-refractivity contribution in [3.05, 3.63) is 16.1 Å². The highest BCUT2D eigenvalue weighted by Gasteiger charge is 2.22. The molecule has 2 nitrogen and oxygen atoms in total. The van der Waals surface area contributed by atoms with Crippen molar-refractivity contribution in [2.75, 3.05) is 13.6 Å². The van der Waals surface area contributed by atoms with Crippen molar-refractivity contribution in [3.8, 4) is 0 Å². The third-order valence-corrected chi connectivity index (χ3v) is 3.24. The SMILES string of the molecule is CCCc1nc(C(C)(C)CNC)cs1. The summed E-state index contributed by atoms with van der Waals surface area (Å²) in [5.74, 6) is 0. The van der Waals surface area contributed by atoms with Gasteiger partial charge in [-0.2, -0.15) is 0 Å². The Hall–Kier alpha value is -0.410. The lowest BCUT2D eigenvalue weighted by Crippen LogP contribution is -2.31. The average molecular weight is 212 g/mol. The zero-order chi connectivity index (χ0) is 10.6. The van der Waals surface area contributed by atoms with Gasteiger partial charge in [-0.15, -0.1) is 11.3 Å². The summed E-state index contributed by atoms with van der Waals surface area (Å²) in [7, 11) is 1.99. The Bertz CT molecular complexity index is 279. The van der Waals surface area contributed by atoms with Crippen molar-refractivity contribution in [2.24, 2.45) is 0 Å². The third kappa shape index (κ3) is 2.79. The molecule has 3 heteroatoms. The zero-order valence-corrected chi connectivity index (χ0v) is 10.4. The van der Waals surface area contributed by atoms with E-state index in [1.54, 1.807) is 11.3 Å². The molecule has 0 fully saturated rings. The topological polar surface area (TPSA) is 24.9 Å². The normalized spacial score (nSPS) is 12.0. The second-order valence-electron chi connectivity index (χ2n) is 4.29. The number of rotatable bonds is 5. The molecule has 80 valence electrons. The summed E-state index contributed by atoms with van der Waals surface area (Å²) >= 11 is 1.79. The summed E-state index contributed by atoms with van der Waals surface area (Å²) < 4.78 is 0. The Kier molecular flexibility index (Phi) is 4.08. The largest absolute Gasteiger partial charge is 0.319 e. The minimum Gasteiger partial charge on any atom is -0.319 e. The molecule has 1 heterocycles. The van der Waals surface area contributed by atoms with Gasteiger partial charge < -0.3 is 5.32 Å². The molecule has 0 aliphatic carbocycles. The van der Waals surface area contributed by atoms with Gasteiger partial charge in [-0.1, -0.05) is 20.8 Å². The number of aromatic nitrogens is 1. The monoisotopic (exact) mass is 212 g/mol. The van der Waals surface area contributed by atoms with Crippen LogP contribution in [0.3, 0.4) is 0 Å². The fourth-order valence-electron chi connectivity index (χ4n) is 1.48. The van der Waals surface area contributed by atoms with E-state index in [4.69, 9.17) is 0 Å². The van der Waals surface area contributed by atoms with Gasteiger partial charge in [0, 0.05) is 17.3 Å². The maximum absolute atomic E-state index is 4.67. The van der Waals surface area contributed by atoms with Crippen LogP contribution in [0, 0.1) is 0 Å². The van der Waals surface area contributed by atoms with Gasteiger partial charge in [-0.3, -0.25) is 0 Å². The molecule has 0 aliphatic heterocycles. The molecule has 0 spiro atoms. The minimum absolute atomic E-state index is 0.150. The van der Waals surface area contributed by atoms with E-state index in [1.165, 1.54) is 17.1 Å². The second kappa shape index (κ2) is 4.89. The molecule has 1 rings (SSSR count). The summed E-state index contributed by atoms with van der Waals surface area (Å²) in [4.78, 5) is 4.67. The molecule has 0 aliphatic rings. The first-order valence-electron chi connectivity index (χ1n) is 5.19. The molecule has 0 unspecified atom stereocenters. The fraction of sp³-hybridized carbons (Fsp3) is 0.727. The Balaban J connectivity index is 2.74. The number of hydrogen-bond acceptors (Lipinski definition) is 3. The first-order valence-corrected chi connectivity index (χ1v) is 6.07. The van der Waals surface area contributed by atoms with Gasteiger partial charge in [0.2, 0.25) is 0 Å².